The lowest BCUT2D eigenvalue weighted by Gasteiger charge is -2.16. The first kappa shape index (κ1) is 12.3. The fourth-order valence-electron chi connectivity index (χ4n) is 1.84. The van der Waals surface area contributed by atoms with E-state index in [2.05, 4.69) is 5.32 Å². The normalized spacial score (nSPS) is 19.6. The van der Waals surface area contributed by atoms with Gasteiger partial charge in [0.25, 0.3) is 0 Å². The highest BCUT2D eigenvalue weighted by atomic mass is 19.1. The minimum atomic E-state index is -0.665. The minimum absolute atomic E-state index is 0.122. The number of rotatable bonds is 4. The highest BCUT2D eigenvalue weighted by Crippen LogP contribution is 2.27. The van der Waals surface area contributed by atoms with Crippen LogP contribution in [0.15, 0.2) is 12.1 Å². The van der Waals surface area contributed by atoms with E-state index in [1.807, 2.05) is 0 Å². The average Bonchev–Trinajstić information content (AvgIpc) is 2.76. The molecule has 1 heterocycles. The molecule has 0 bridgehead atoms. The monoisotopic (exact) mass is 243 g/mol. The Morgan fingerprint density at radius 2 is 2.29 bits per heavy atom. The Kier molecular flexibility index (Phi) is 3.91. The summed E-state index contributed by atoms with van der Waals surface area (Å²) < 4.78 is 37.4. The number of benzene rings is 1. The lowest BCUT2D eigenvalue weighted by molar-refractivity contribution is 0.137. The molecule has 1 aliphatic rings. The average molecular weight is 243 g/mol. The molecule has 2 rings (SSSR count). The lowest BCUT2D eigenvalue weighted by atomic mass is 10.1. The van der Waals surface area contributed by atoms with Gasteiger partial charge in [0.05, 0.1) is 13.2 Å². The molecule has 17 heavy (non-hydrogen) atoms. The quantitative estimate of drug-likeness (QED) is 0.875. The van der Waals surface area contributed by atoms with E-state index < -0.39 is 11.6 Å². The Bertz CT molecular complexity index is 392. The molecule has 0 aliphatic carbocycles. The largest absolute Gasteiger partial charge is 0.485 e. The van der Waals surface area contributed by atoms with Gasteiger partial charge < -0.3 is 14.8 Å². The fourth-order valence-corrected chi connectivity index (χ4v) is 1.84. The molecule has 1 unspecified atom stereocenters. The summed E-state index contributed by atoms with van der Waals surface area (Å²) in [5.41, 5.74) is 0.483. The van der Waals surface area contributed by atoms with Gasteiger partial charge in [0.2, 0.25) is 0 Å². The van der Waals surface area contributed by atoms with E-state index in [0.29, 0.717) is 25.3 Å². The van der Waals surface area contributed by atoms with Gasteiger partial charge in [-0.15, -0.1) is 0 Å². The third kappa shape index (κ3) is 2.92. The maximum absolute atomic E-state index is 13.7. The first-order valence-electron chi connectivity index (χ1n) is 5.57. The Labute approximate surface area is 98.7 Å². The first-order valence-corrected chi connectivity index (χ1v) is 5.57. The van der Waals surface area contributed by atoms with Crippen molar-refractivity contribution in [3.8, 4) is 5.75 Å². The van der Waals surface area contributed by atoms with Gasteiger partial charge in [0, 0.05) is 24.6 Å². The second-order valence-corrected chi connectivity index (χ2v) is 4.01. The number of nitrogens with one attached hydrogen (secondary N) is 1. The molecule has 1 aromatic carbocycles. The topological polar surface area (TPSA) is 30.5 Å². The number of hydrogen-bond donors (Lipinski definition) is 1. The molecule has 1 aliphatic heterocycles. The van der Waals surface area contributed by atoms with Crippen LogP contribution in [-0.4, -0.2) is 26.4 Å². The Balaban J connectivity index is 2.22. The molecular weight excluding hydrogens is 228 g/mol. The smallest absolute Gasteiger partial charge is 0.168 e. The molecule has 3 nitrogen and oxygen atoms in total. The van der Waals surface area contributed by atoms with E-state index >= 15 is 0 Å². The third-order valence-corrected chi connectivity index (χ3v) is 2.62. The Morgan fingerprint density at radius 3 is 2.94 bits per heavy atom. The standard InChI is InChI=1S/C12H15F2NO2/c1-15-6-8-4-9(13)5-11(14)12(8)17-10-2-3-16-7-10/h4-5,10,15H,2-3,6-7H2,1H3. The van der Waals surface area contributed by atoms with Crippen molar-refractivity contribution in [1.29, 1.82) is 0 Å². The van der Waals surface area contributed by atoms with E-state index in [9.17, 15) is 8.78 Å². The van der Waals surface area contributed by atoms with Crippen LogP contribution < -0.4 is 10.1 Å². The van der Waals surface area contributed by atoms with Gasteiger partial charge in [0.15, 0.2) is 11.6 Å². The zero-order chi connectivity index (χ0) is 12.3. The molecule has 1 saturated heterocycles. The van der Waals surface area contributed by atoms with E-state index in [0.717, 1.165) is 12.5 Å². The van der Waals surface area contributed by atoms with E-state index in [-0.39, 0.29) is 11.9 Å². The zero-order valence-corrected chi connectivity index (χ0v) is 9.63. The van der Waals surface area contributed by atoms with Crippen LogP contribution >= 0.6 is 0 Å². The molecule has 1 fully saturated rings. The summed E-state index contributed by atoms with van der Waals surface area (Å²) in [6.07, 6.45) is 0.584. The molecule has 0 saturated carbocycles. The molecule has 0 aromatic heterocycles. The van der Waals surface area contributed by atoms with Crippen molar-refractivity contribution >= 4 is 0 Å². The van der Waals surface area contributed by atoms with Crippen LogP contribution in [0, 0.1) is 11.6 Å². The van der Waals surface area contributed by atoms with Gasteiger partial charge in [-0.05, 0) is 13.1 Å². The third-order valence-electron chi connectivity index (χ3n) is 2.62. The van der Waals surface area contributed by atoms with Gasteiger partial charge in [-0.2, -0.15) is 0 Å². The van der Waals surface area contributed by atoms with E-state index in [4.69, 9.17) is 9.47 Å². The van der Waals surface area contributed by atoms with Crippen LogP contribution in [0.4, 0.5) is 8.78 Å². The van der Waals surface area contributed by atoms with Crippen molar-refractivity contribution in [3.05, 3.63) is 29.3 Å². The van der Waals surface area contributed by atoms with Crippen LogP contribution in [0.25, 0.3) is 0 Å². The summed E-state index contributed by atoms with van der Waals surface area (Å²) in [6.45, 7) is 1.43. The fraction of sp³-hybridized carbons (Fsp3) is 0.500. The summed E-state index contributed by atoms with van der Waals surface area (Å²) in [5, 5.41) is 2.86. The molecule has 0 amide bonds. The van der Waals surface area contributed by atoms with Crippen molar-refractivity contribution in [2.24, 2.45) is 0 Å². The Hall–Kier alpha value is -1.20. The zero-order valence-electron chi connectivity index (χ0n) is 9.63. The minimum Gasteiger partial charge on any atom is -0.485 e. The molecule has 0 spiro atoms. The number of hydrogen-bond acceptors (Lipinski definition) is 3. The molecule has 1 atom stereocenters. The summed E-state index contributed by atoms with van der Waals surface area (Å²) in [4.78, 5) is 0. The molecule has 1 N–H and O–H groups in total. The van der Waals surface area contributed by atoms with Gasteiger partial charge in [-0.25, -0.2) is 8.78 Å². The van der Waals surface area contributed by atoms with Gasteiger partial charge >= 0.3 is 0 Å². The van der Waals surface area contributed by atoms with Crippen LogP contribution in [0.1, 0.15) is 12.0 Å². The molecular formula is C12H15F2NO2. The SMILES string of the molecule is CNCc1cc(F)cc(F)c1OC1CCOC1. The second-order valence-electron chi connectivity index (χ2n) is 4.01. The maximum atomic E-state index is 13.7. The van der Waals surface area contributed by atoms with Crippen LogP contribution in [-0.2, 0) is 11.3 Å². The van der Waals surface area contributed by atoms with Crippen LogP contribution in [0.3, 0.4) is 0 Å². The Morgan fingerprint density at radius 1 is 1.47 bits per heavy atom. The summed E-state index contributed by atoms with van der Waals surface area (Å²) in [5.74, 6) is -1.14. The van der Waals surface area contributed by atoms with Crippen molar-refractivity contribution in [2.75, 3.05) is 20.3 Å². The highest BCUT2D eigenvalue weighted by molar-refractivity contribution is 5.35. The predicted molar refractivity (Wildman–Crippen MR) is 59.0 cm³/mol. The van der Waals surface area contributed by atoms with Crippen molar-refractivity contribution in [2.45, 2.75) is 19.1 Å². The number of ether oxygens (including phenoxy) is 2. The van der Waals surface area contributed by atoms with Crippen LogP contribution in [0.5, 0.6) is 5.75 Å². The summed E-state index contributed by atoms with van der Waals surface area (Å²) in [6, 6.07) is 2.12. The van der Waals surface area contributed by atoms with Crippen molar-refractivity contribution in [3.63, 3.8) is 0 Å². The first-order chi connectivity index (χ1) is 8.20. The highest BCUT2D eigenvalue weighted by Gasteiger charge is 2.21. The maximum Gasteiger partial charge on any atom is 0.168 e. The molecule has 94 valence electrons. The van der Waals surface area contributed by atoms with Crippen molar-refractivity contribution < 1.29 is 18.3 Å². The van der Waals surface area contributed by atoms with E-state index in [1.165, 1.54) is 6.07 Å². The van der Waals surface area contributed by atoms with E-state index in [1.54, 1.807) is 7.05 Å². The van der Waals surface area contributed by atoms with Crippen LogP contribution in [0.2, 0.25) is 0 Å². The summed E-state index contributed by atoms with van der Waals surface area (Å²) in [7, 11) is 1.71. The predicted octanol–water partition coefficient (Wildman–Crippen LogP) is 1.85. The van der Waals surface area contributed by atoms with Gasteiger partial charge in [-0.1, -0.05) is 0 Å². The summed E-state index contributed by atoms with van der Waals surface area (Å²) >= 11 is 0. The second kappa shape index (κ2) is 5.42. The number of halogens is 2. The van der Waals surface area contributed by atoms with Gasteiger partial charge in [0.1, 0.15) is 11.9 Å². The lowest BCUT2D eigenvalue weighted by Crippen LogP contribution is -2.19. The van der Waals surface area contributed by atoms with Gasteiger partial charge in [-0.3, -0.25) is 0 Å². The molecule has 1 aromatic rings. The molecule has 0 radical (unpaired) electrons. The van der Waals surface area contributed by atoms with Crippen molar-refractivity contribution in [1.82, 2.24) is 5.32 Å². The molecule has 5 heteroatoms.